The molecule has 1 saturated heterocycles. The van der Waals surface area contributed by atoms with Gasteiger partial charge in [0, 0.05) is 12.3 Å². The Kier molecular flexibility index (Phi) is 3.74. The first-order valence-corrected chi connectivity index (χ1v) is 5.61. The number of hydrogen-bond acceptors (Lipinski definition) is 4. The van der Waals surface area contributed by atoms with Gasteiger partial charge in [-0.15, -0.1) is 0 Å². The van der Waals surface area contributed by atoms with Crippen LogP contribution in [0.3, 0.4) is 0 Å². The molecule has 1 aromatic heterocycles. The maximum Gasteiger partial charge on any atom is 0.143 e. The van der Waals surface area contributed by atoms with E-state index < -0.39 is 0 Å². The van der Waals surface area contributed by atoms with Crippen molar-refractivity contribution in [3.05, 3.63) is 23.5 Å². The fraction of sp³-hybridized carbons (Fsp3) is 0.583. The lowest BCUT2D eigenvalue weighted by molar-refractivity contribution is 0.0668. The van der Waals surface area contributed by atoms with Gasteiger partial charge in [-0.2, -0.15) is 0 Å². The minimum Gasteiger partial charge on any atom is -0.489 e. The van der Waals surface area contributed by atoms with E-state index in [0.29, 0.717) is 18.1 Å². The monoisotopic (exact) mass is 223 g/mol. The van der Waals surface area contributed by atoms with Crippen molar-refractivity contribution in [2.24, 2.45) is 0 Å². The van der Waals surface area contributed by atoms with E-state index in [2.05, 4.69) is 4.98 Å². The minimum absolute atomic E-state index is 0.0947. The van der Waals surface area contributed by atoms with Crippen LogP contribution in [-0.4, -0.2) is 29.4 Å². The third-order valence-electron chi connectivity index (χ3n) is 2.67. The summed E-state index contributed by atoms with van der Waals surface area (Å²) in [4.78, 5) is 4.22. The summed E-state index contributed by atoms with van der Waals surface area (Å²) in [6, 6.07) is 3.73. The lowest BCUT2D eigenvalue weighted by Crippen LogP contribution is -2.17. The molecule has 1 aliphatic heterocycles. The van der Waals surface area contributed by atoms with Crippen LogP contribution in [0.5, 0.6) is 5.75 Å². The van der Waals surface area contributed by atoms with Crippen LogP contribution in [0, 0.1) is 6.92 Å². The third-order valence-corrected chi connectivity index (χ3v) is 2.67. The summed E-state index contributed by atoms with van der Waals surface area (Å²) in [5.41, 5.74) is 1.48. The number of hydrogen-bond donors (Lipinski definition) is 1. The Bertz CT molecular complexity index is 348. The molecule has 16 heavy (non-hydrogen) atoms. The van der Waals surface area contributed by atoms with Crippen LogP contribution in [0.4, 0.5) is 0 Å². The quantitative estimate of drug-likeness (QED) is 0.839. The minimum atomic E-state index is -0.0947. The van der Waals surface area contributed by atoms with Gasteiger partial charge in [0.2, 0.25) is 0 Å². The van der Waals surface area contributed by atoms with E-state index in [4.69, 9.17) is 14.6 Å². The number of pyridine rings is 1. The molecular formula is C12H17NO3. The zero-order chi connectivity index (χ0) is 11.4. The Hall–Kier alpha value is -1.13. The molecule has 2 rings (SSSR count). The summed E-state index contributed by atoms with van der Waals surface area (Å²) in [6.07, 6.45) is 2.34. The average molecular weight is 223 g/mol. The van der Waals surface area contributed by atoms with Gasteiger partial charge in [0.1, 0.15) is 18.1 Å². The summed E-state index contributed by atoms with van der Waals surface area (Å²) in [7, 11) is 0. The van der Waals surface area contributed by atoms with E-state index >= 15 is 0 Å². The van der Waals surface area contributed by atoms with E-state index in [1.165, 1.54) is 0 Å². The molecule has 0 bridgehead atoms. The van der Waals surface area contributed by atoms with Crippen LogP contribution in [0.1, 0.15) is 24.2 Å². The Balaban J connectivity index is 1.97. The van der Waals surface area contributed by atoms with Crippen LogP contribution in [0.15, 0.2) is 12.1 Å². The van der Waals surface area contributed by atoms with Gasteiger partial charge >= 0.3 is 0 Å². The number of aliphatic hydroxyl groups is 1. The molecule has 4 heteroatoms. The number of nitrogens with zero attached hydrogens (tertiary/aromatic N) is 1. The fourth-order valence-corrected chi connectivity index (χ4v) is 1.80. The highest BCUT2D eigenvalue weighted by molar-refractivity contribution is 5.28. The second-order valence-electron chi connectivity index (χ2n) is 4.00. The molecule has 1 fully saturated rings. The molecule has 0 spiro atoms. The van der Waals surface area contributed by atoms with Gasteiger partial charge in [-0.1, -0.05) is 0 Å². The highest BCUT2D eigenvalue weighted by Crippen LogP contribution is 2.19. The summed E-state index contributed by atoms with van der Waals surface area (Å²) < 4.78 is 11.1. The first-order valence-electron chi connectivity index (χ1n) is 5.61. The van der Waals surface area contributed by atoms with Gasteiger partial charge in [0.25, 0.3) is 0 Å². The molecule has 1 N–H and O–H groups in total. The first kappa shape index (κ1) is 11.4. The zero-order valence-corrected chi connectivity index (χ0v) is 9.48. The average Bonchev–Trinajstić information content (AvgIpc) is 2.80. The normalized spacial score (nSPS) is 20.0. The molecule has 0 aliphatic carbocycles. The number of ether oxygens (including phenoxy) is 2. The van der Waals surface area contributed by atoms with E-state index in [1.54, 1.807) is 0 Å². The highest BCUT2D eigenvalue weighted by atomic mass is 16.5. The van der Waals surface area contributed by atoms with Crippen LogP contribution in [0.2, 0.25) is 0 Å². The molecule has 0 amide bonds. The van der Waals surface area contributed by atoms with Crippen molar-refractivity contribution in [2.75, 3.05) is 13.2 Å². The summed E-state index contributed by atoms with van der Waals surface area (Å²) >= 11 is 0. The van der Waals surface area contributed by atoms with Crippen molar-refractivity contribution in [3.8, 4) is 5.75 Å². The molecule has 0 aromatic carbocycles. The van der Waals surface area contributed by atoms with Crippen molar-refractivity contribution in [1.82, 2.24) is 4.98 Å². The predicted molar refractivity (Wildman–Crippen MR) is 59.4 cm³/mol. The van der Waals surface area contributed by atoms with Gasteiger partial charge < -0.3 is 14.6 Å². The van der Waals surface area contributed by atoms with Crippen molar-refractivity contribution < 1.29 is 14.6 Å². The Morgan fingerprint density at radius 2 is 2.44 bits per heavy atom. The molecule has 2 heterocycles. The van der Waals surface area contributed by atoms with Crippen LogP contribution in [0.25, 0.3) is 0 Å². The molecule has 4 nitrogen and oxygen atoms in total. The van der Waals surface area contributed by atoms with Gasteiger partial charge in [0.15, 0.2) is 0 Å². The molecule has 1 aliphatic rings. The van der Waals surface area contributed by atoms with Gasteiger partial charge in [0.05, 0.1) is 12.7 Å². The van der Waals surface area contributed by atoms with E-state index in [9.17, 15) is 0 Å². The maximum absolute atomic E-state index is 9.16. The summed E-state index contributed by atoms with van der Waals surface area (Å²) in [5, 5.41) is 9.16. The number of rotatable bonds is 4. The standard InChI is InChI=1S/C12H17NO3/c1-9-4-5-12(11(7-14)13-9)16-8-10-3-2-6-15-10/h4-5,10,14H,2-3,6-8H2,1H3. The maximum atomic E-state index is 9.16. The lowest BCUT2D eigenvalue weighted by atomic mass is 10.2. The van der Waals surface area contributed by atoms with Crippen molar-refractivity contribution >= 4 is 0 Å². The lowest BCUT2D eigenvalue weighted by Gasteiger charge is -2.13. The Morgan fingerprint density at radius 1 is 1.56 bits per heavy atom. The van der Waals surface area contributed by atoms with Crippen molar-refractivity contribution in [3.63, 3.8) is 0 Å². The zero-order valence-electron chi connectivity index (χ0n) is 9.48. The molecular weight excluding hydrogens is 206 g/mol. The third kappa shape index (κ3) is 2.71. The topological polar surface area (TPSA) is 51.6 Å². The number of aliphatic hydroxyl groups excluding tert-OH is 1. The highest BCUT2D eigenvalue weighted by Gasteiger charge is 2.16. The van der Waals surface area contributed by atoms with Crippen LogP contribution >= 0.6 is 0 Å². The number of aromatic nitrogens is 1. The van der Waals surface area contributed by atoms with Crippen molar-refractivity contribution in [2.45, 2.75) is 32.5 Å². The molecule has 0 radical (unpaired) electrons. The van der Waals surface area contributed by atoms with Crippen molar-refractivity contribution in [1.29, 1.82) is 0 Å². The Labute approximate surface area is 95.2 Å². The van der Waals surface area contributed by atoms with Gasteiger partial charge in [-0.25, -0.2) is 0 Å². The molecule has 1 unspecified atom stereocenters. The smallest absolute Gasteiger partial charge is 0.143 e. The largest absolute Gasteiger partial charge is 0.489 e. The van der Waals surface area contributed by atoms with E-state index in [0.717, 1.165) is 25.1 Å². The second-order valence-corrected chi connectivity index (χ2v) is 4.00. The van der Waals surface area contributed by atoms with Crippen LogP contribution < -0.4 is 4.74 Å². The molecule has 88 valence electrons. The first-order chi connectivity index (χ1) is 7.79. The predicted octanol–water partition coefficient (Wildman–Crippen LogP) is 1.44. The second kappa shape index (κ2) is 5.27. The fourth-order valence-electron chi connectivity index (χ4n) is 1.80. The van der Waals surface area contributed by atoms with Crippen LogP contribution in [-0.2, 0) is 11.3 Å². The Morgan fingerprint density at radius 3 is 3.12 bits per heavy atom. The van der Waals surface area contributed by atoms with Gasteiger partial charge in [-0.05, 0) is 31.9 Å². The van der Waals surface area contributed by atoms with E-state index in [1.807, 2.05) is 19.1 Å². The summed E-state index contributed by atoms with van der Waals surface area (Å²) in [5.74, 6) is 0.656. The molecule has 0 saturated carbocycles. The van der Waals surface area contributed by atoms with Gasteiger partial charge in [-0.3, -0.25) is 4.98 Å². The summed E-state index contributed by atoms with van der Waals surface area (Å²) in [6.45, 7) is 3.16. The van der Waals surface area contributed by atoms with E-state index in [-0.39, 0.29) is 12.7 Å². The molecule has 1 aromatic rings. The molecule has 1 atom stereocenters. The number of aryl methyl sites for hydroxylation is 1. The SMILES string of the molecule is Cc1ccc(OCC2CCCO2)c(CO)n1.